The molecular formula is C14H21NO. The molecule has 2 atom stereocenters. The molecule has 0 saturated carbocycles. The minimum Gasteiger partial charge on any atom is -0.396 e. The van der Waals surface area contributed by atoms with Crippen molar-refractivity contribution in [3.63, 3.8) is 0 Å². The maximum atomic E-state index is 9.38. The Kier molecular flexibility index (Phi) is 3.97. The third-order valence-corrected chi connectivity index (χ3v) is 3.57. The summed E-state index contributed by atoms with van der Waals surface area (Å²) in [6.07, 6.45) is 3.39. The number of aliphatic hydroxyl groups excluding tert-OH is 1. The molecule has 0 spiro atoms. The summed E-state index contributed by atoms with van der Waals surface area (Å²) >= 11 is 0. The van der Waals surface area contributed by atoms with E-state index in [-0.39, 0.29) is 6.61 Å². The van der Waals surface area contributed by atoms with Crippen LogP contribution in [0.15, 0.2) is 24.3 Å². The number of piperidine rings is 1. The standard InChI is InChI=1S/C14H21NO/c1-2-11-5-7-12(8-6-11)14-13(10-16)4-3-9-15-14/h5-8,13-16H,2-4,9-10H2,1H3. The molecule has 0 radical (unpaired) electrons. The minimum atomic E-state index is 0.285. The van der Waals surface area contributed by atoms with Gasteiger partial charge in [-0.1, -0.05) is 31.2 Å². The van der Waals surface area contributed by atoms with Crippen LogP contribution in [0.3, 0.4) is 0 Å². The van der Waals surface area contributed by atoms with Gasteiger partial charge in [-0.15, -0.1) is 0 Å². The van der Waals surface area contributed by atoms with Crippen molar-refractivity contribution in [3.8, 4) is 0 Å². The van der Waals surface area contributed by atoms with E-state index >= 15 is 0 Å². The van der Waals surface area contributed by atoms with Crippen LogP contribution in [0, 0.1) is 5.92 Å². The van der Waals surface area contributed by atoms with Gasteiger partial charge in [-0.3, -0.25) is 0 Å². The highest BCUT2D eigenvalue weighted by atomic mass is 16.3. The maximum Gasteiger partial charge on any atom is 0.0477 e. The minimum absolute atomic E-state index is 0.285. The van der Waals surface area contributed by atoms with E-state index in [9.17, 15) is 5.11 Å². The monoisotopic (exact) mass is 219 g/mol. The van der Waals surface area contributed by atoms with Crippen LogP contribution in [-0.4, -0.2) is 18.3 Å². The summed E-state index contributed by atoms with van der Waals surface area (Å²) in [4.78, 5) is 0. The van der Waals surface area contributed by atoms with Crippen LogP contribution in [-0.2, 0) is 6.42 Å². The van der Waals surface area contributed by atoms with Gasteiger partial charge in [0.1, 0.15) is 0 Å². The predicted molar refractivity (Wildman–Crippen MR) is 66.4 cm³/mol. The summed E-state index contributed by atoms with van der Waals surface area (Å²) in [6.45, 7) is 3.52. The average molecular weight is 219 g/mol. The first-order chi connectivity index (χ1) is 7.85. The van der Waals surface area contributed by atoms with E-state index in [1.807, 2.05) is 0 Å². The summed E-state index contributed by atoms with van der Waals surface area (Å²) < 4.78 is 0. The molecule has 0 amide bonds. The van der Waals surface area contributed by atoms with E-state index in [4.69, 9.17) is 0 Å². The second-order valence-electron chi connectivity index (χ2n) is 4.61. The van der Waals surface area contributed by atoms with Gasteiger partial charge in [-0.05, 0) is 36.9 Å². The molecule has 1 aliphatic heterocycles. The topological polar surface area (TPSA) is 32.3 Å². The number of aliphatic hydroxyl groups is 1. The van der Waals surface area contributed by atoms with Crippen LogP contribution < -0.4 is 5.32 Å². The van der Waals surface area contributed by atoms with Gasteiger partial charge in [-0.25, -0.2) is 0 Å². The van der Waals surface area contributed by atoms with Crippen molar-refractivity contribution in [1.29, 1.82) is 0 Å². The highest BCUT2D eigenvalue weighted by Gasteiger charge is 2.25. The Bertz CT molecular complexity index is 320. The summed E-state index contributed by atoms with van der Waals surface area (Å²) in [5.41, 5.74) is 2.69. The fourth-order valence-corrected chi connectivity index (χ4v) is 2.50. The molecule has 1 fully saturated rings. The molecule has 1 heterocycles. The predicted octanol–water partition coefficient (Wildman–Crippen LogP) is 2.28. The van der Waals surface area contributed by atoms with E-state index < -0.39 is 0 Å². The molecule has 0 aromatic heterocycles. The number of hydrogen-bond acceptors (Lipinski definition) is 2. The van der Waals surface area contributed by atoms with E-state index in [0.717, 1.165) is 19.4 Å². The summed E-state index contributed by atoms with van der Waals surface area (Å²) in [5.74, 6) is 0.376. The Balaban J connectivity index is 2.14. The Morgan fingerprint density at radius 1 is 1.31 bits per heavy atom. The van der Waals surface area contributed by atoms with Crippen molar-refractivity contribution < 1.29 is 5.11 Å². The number of aryl methyl sites for hydroxylation is 1. The van der Waals surface area contributed by atoms with Crippen LogP contribution >= 0.6 is 0 Å². The van der Waals surface area contributed by atoms with Crippen LogP contribution in [0.4, 0.5) is 0 Å². The molecule has 16 heavy (non-hydrogen) atoms. The van der Waals surface area contributed by atoms with Gasteiger partial charge in [0, 0.05) is 18.6 Å². The SMILES string of the molecule is CCc1ccc(C2NCCCC2CO)cc1. The zero-order valence-corrected chi connectivity index (χ0v) is 9.95. The van der Waals surface area contributed by atoms with Gasteiger partial charge in [0.25, 0.3) is 0 Å². The molecule has 2 N–H and O–H groups in total. The normalized spacial score (nSPS) is 25.6. The fraction of sp³-hybridized carbons (Fsp3) is 0.571. The number of benzene rings is 1. The molecular weight excluding hydrogens is 198 g/mol. The van der Waals surface area contributed by atoms with Crippen LogP contribution in [0.25, 0.3) is 0 Å². The van der Waals surface area contributed by atoms with Crippen molar-refractivity contribution in [1.82, 2.24) is 5.32 Å². The van der Waals surface area contributed by atoms with E-state index in [0.29, 0.717) is 12.0 Å². The molecule has 1 saturated heterocycles. The summed E-state index contributed by atoms with van der Waals surface area (Å²) in [7, 11) is 0. The molecule has 2 rings (SSSR count). The molecule has 1 aromatic carbocycles. The lowest BCUT2D eigenvalue weighted by molar-refractivity contribution is 0.160. The van der Waals surface area contributed by atoms with E-state index in [2.05, 4.69) is 36.5 Å². The van der Waals surface area contributed by atoms with Crippen molar-refractivity contribution in [3.05, 3.63) is 35.4 Å². The smallest absolute Gasteiger partial charge is 0.0477 e. The zero-order chi connectivity index (χ0) is 11.4. The Morgan fingerprint density at radius 3 is 2.69 bits per heavy atom. The third-order valence-electron chi connectivity index (χ3n) is 3.57. The van der Waals surface area contributed by atoms with Crippen molar-refractivity contribution in [2.75, 3.05) is 13.2 Å². The maximum absolute atomic E-state index is 9.38. The average Bonchev–Trinajstić information content (AvgIpc) is 2.39. The quantitative estimate of drug-likeness (QED) is 0.817. The Hall–Kier alpha value is -0.860. The Labute approximate surface area is 97.7 Å². The number of nitrogens with one attached hydrogen (secondary N) is 1. The first-order valence-electron chi connectivity index (χ1n) is 6.28. The molecule has 88 valence electrons. The highest BCUT2D eigenvalue weighted by molar-refractivity contribution is 5.26. The van der Waals surface area contributed by atoms with Gasteiger partial charge < -0.3 is 10.4 Å². The Morgan fingerprint density at radius 2 is 2.06 bits per heavy atom. The third kappa shape index (κ3) is 2.45. The second-order valence-corrected chi connectivity index (χ2v) is 4.61. The molecule has 2 nitrogen and oxygen atoms in total. The molecule has 0 bridgehead atoms. The van der Waals surface area contributed by atoms with Crippen molar-refractivity contribution in [2.45, 2.75) is 32.2 Å². The van der Waals surface area contributed by atoms with Crippen LogP contribution in [0.1, 0.15) is 36.9 Å². The lowest BCUT2D eigenvalue weighted by Crippen LogP contribution is -2.35. The van der Waals surface area contributed by atoms with Crippen LogP contribution in [0.2, 0.25) is 0 Å². The van der Waals surface area contributed by atoms with E-state index in [1.165, 1.54) is 17.5 Å². The first kappa shape index (κ1) is 11.6. The highest BCUT2D eigenvalue weighted by Crippen LogP contribution is 2.28. The largest absolute Gasteiger partial charge is 0.396 e. The lowest BCUT2D eigenvalue weighted by Gasteiger charge is -2.31. The fourth-order valence-electron chi connectivity index (χ4n) is 2.50. The van der Waals surface area contributed by atoms with Crippen molar-refractivity contribution in [2.24, 2.45) is 5.92 Å². The molecule has 1 aromatic rings. The number of hydrogen-bond donors (Lipinski definition) is 2. The first-order valence-corrected chi connectivity index (χ1v) is 6.28. The second kappa shape index (κ2) is 5.46. The van der Waals surface area contributed by atoms with Gasteiger partial charge in [0.2, 0.25) is 0 Å². The van der Waals surface area contributed by atoms with Gasteiger partial charge in [0.15, 0.2) is 0 Å². The molecule has 2 heteroatoms. The van der Waals surface area contributed by atoms with Crippen molar-refractivity contribution >= 4 is 0 Å². The zero-order valence-electron chi connectivity index (χ0n) is 9.95. The summed E-state index contributed by atoms with van der Waals surface area (Å²) in [5, 5.41) is 12.9. The molecule has 2 unspecified atom stereocenters. The van der Waals surface area contributed by atoms with E-state index in [1.54, 1.807) is 0 Å². The van der Waals surface area contributed by atoms with Gasteiger partial charge in [0.05, 0.1) is 0 Å². The summed E-state index contributed by atoms with van der Waals surface area (Å²) in [6, 6.07) is 9.12. The van der Waals surface area contributed by atoms with Crippen LogP contribution in [0.5, 0.6) is 0 Å². The lowest BCUT2D eigenvalue weighted by atomic mass is 9.86. The van der Waals surface area contributed by atoms with Gasteiger partial charge >= 0.3 is 0 Å². The van der Waals surface area contributed by atoms with Gasteiger partial charge in [-0.2, -0.15) is 0 Å². The molecule has 0 aliphatic carbocycles. The number of rotatable bonds is 3. The molecule has 1 aliphatic rings.